The van der Waals surface area contributed by atoms with Gasteiger partial charge in [0, 0.05) is 25.7 Å². The zero-order valence-corrected chi connectivity index (χ0v) is 29.9. The van der Waals surface area contributed by atoms with Crippen LogP contribution in [-0.4, -0.2) is 78.7 Å². The number of benzene rings is 2. The monoisotopic (exact) mass is 681 g/mol. The lowest BCUT2D eigenvalue weighted by atomic mass is 9.71. The van der Waals surface area contributed by atoms with Gasteiger partial charge in [0.2, 0.25) is 0 Å². The molecule has 2 aromatic carbocycles. The summed E-state index contributed by atoms with van der Waals surface area (Å²) in [6.45, 7) is 12.7. The Bertz CT molecular complexity index is 1880. The highest BCUT2D eigenvalue weighted by atomic mass is 16.6. The van der Waals surface area contributed by atoms with E-state index in [1.165, 1.54) is 4.90 Å². The maximum absolute atomic E-state index is 13.1. The van der Waals surface area contributed by atoms with E-state index in [0.29, 0.717) is 43.1 Å². The summed E-state index contributed by atoms with van der Waals surface area (Å²) in [6.07, 6.45) is 3.50. The summed E-state index contributed by atoms with van der Waals surface area (Å²) < 4.78 is 5.62. The van der Waals surface area contributed by atoms with Gasteiger partial charge in [-0.2, -0.15) is 0 Å². The normalized spacial score (nSPS) is 19.5. The van der Waals surface area contributed by atoms with Crippen LogP contribution in [-0.2, 0) is 10.3 Å². The number of ether oxygens (including phenoxy) is 1. The number of nitrogens with one attached hydrogen (secondary N) is 3. The first-order valence-electron chi connectivity index (χ1n) is 17.2. The van der Waals surface area contributed by atoms with Crippen molar-refractivity contribution in [2.45, 2.75) is 84.4 Å². The number of rotatable bonds is 6. The molecular formula is C38H47N7O5. The molecule has 0 unspecified atom stereocenters. The molecule has 0 bridgehead atoms. The highest BCUT2D eigenvalue weighted by molar-refractivity contribution is 5.98. The summed E-state index contributed by atoms with van der Waals surface area (Å²) in [5.74, 6) is 0.901. The molecule has 2 aliphatic heterocycles. The molecule has 2 saturated heterocycles. The third-order valence-electron chi connectivity index (χ3n) is 9.88. The van der Waals surface area contributed by atoms with E-state index in [1.807, 2.05) is 90.1 Å². The third kappa shape index (κ3) is 6.34. The van der Waals surface area contributed by atoms with E-state index >= 15 is 0 Å². The van der Waals surface area contributed by atoms with Gasteiger partial charge in [-0.25, -0.2) is 19.6 Å². The zero-order chi connectivity index (χ0) is 36.0. The minimum absolute atomic E-state index is 0.154. The summed E-state index contributed by atoms with van der Waals surface area (Å²) >= 11 is 0. The van der Waals surface area contributed by atoms with Crippen LogP contribution in [0.3, 0.4) is 0 Å². The largest absolute Gasteiger partial charge is 0.465 e. The zero-order valence-electron chi connectivity index (χ0n) is 29.9. The highest BCUT2D eigenvalue weighted by Crippen LogP contribution is 2.51. The molecule has 12 heteroatoms. The number of hydrogen-bond donors (Lipinski definition) is 4. The highest BCUT2D eigenvalue weighted by Gasteiger charge is 2.55. The van der Waals surface area contributed by atoms with Crippen molar-refractivity contribution in [3.63, 3.8) is 0 Å². The maximum Gasteiger partial charge on any atom is 0.410 e. The number of carbonyl (C=O) groups excluding carboxylic acids is 2. The second-order valence-electron chi connectivity index (χ2n) is 15.2. The lowest BCUT2D eigenvalue weighted by molar-refractivity contribution is 0.0213. The molecule has 3 amide bonds. The molecular weight excluding hydrogens is 634 g/mol. The first-order chi connectivity index (χ1) is 23.6. The molecule has 12 nitrogen and oxygen atoms in total. The first kappa shape index (κ1) is 34.7. The van der Waals surface area contributed by atoms with Gasteiger partial charge in [-0.15, -0.1) is 0 Å². The smallest absolute Gasteiger partial charge is 0.410 e. The topological polar surface area (TPSA) is 157 Å². The standard InChI is InChI=1S/C38H47N7O5/c1-36(2,3)38(19-9-21-45(38)34(47)48)33-42-29(30(43-33)32(46)39-7)26-17-13-24(14-18-26)23-11-15-25(16-12-23)27-22-40-31(41-27)28-10-8-20-44(28)35(49)50-37(4,5)6/h11-18,22,28H,8-10,19-21H2,1-7H3,(H,39,46)(H,40,41)(H,42,43)(H,47,48)/t28-,38+/m0/s1. The van der Waals surface area contributed by atoms with Gasteiger partial charge < -0.3 is 25.1 Å². The average molecular weight is 682 g/mol. The molecule has 4 heterocycles. The third-order valence-corrected chi connectivity index (χ3v) is 9.88. The predicted molar refractivity (Wildman–Crippen MR) is 190 cm³/mol. The fourth-order valence-corrected chi connectivity index (χ4v) is 7.43. The minimum atomic E-state index is -1.00. The van der Waals surface area contributed by atoms with Gasteiger partial charge in [-0.05, 0) is 68.6 Å². The number of imidazole rings is 2. The quantitative estimate of drug-likeness (QED) is 0.163. The summed E-state index contributed by atoms with van der Waals surface area (Å²) in [6, 6.07) is 15.9. The average Bonchev–Trinajstić information content (AvgIpc) is 3.88. The van der Waals surface area contributed by atoms with Crippen molar-refractivity contribution in [2.75, 3.05) is 20.1 Å². The number of aromatic nitrogens is 4. The van der Waals surface area contributed by atoms with Crippen LogP contribution in [0.15, 0.2) is 54.7 Å². The van der Waals surface area contributed by atoms with Gasteiger partial charge in [-0.3, -0.25) is 14.6 Å². The molecule has 0 radical (unpaired) electrons. The Morgan fingerprint density at radius 2 is 1.52 bits per heavy atom. The number of hydrogen-bond acceptors (Lipinski definition) is 6. The molecule has 0 aliphatic carbocycles. The predicted octanol–water partition coefficient (Wildman–Crippen LogP) is 7.58. The Morgan fingerprint density at radius 1 is 0.900 bits per heavy atom. The van der Waals surface area contributed by atoms with Crippen LogP contribution < -0.4 is 5.32 Å². The van der Waals surface area contributed by atoms with E-state index in [-0.39, 0.29) is 18.0 Å². The SMILES string of the molecule is CNC(=O)c1[nH]c([C@@]2(C(C)(C)C)CCCN2C(=O)O)nc1-c1ccc(-c2ccc(-c3cnc([C@@H]4CCCN4C(=O)OC(C)(C)C)[nH]3)cc2)cc1. The number of amides is 3. The number of H-pyrrole nitrogens is 2. The van der Waals surface area contributed by atoms with Crippen LogP contribution in [0.1, 0.15) is 95.4 Å². The molecule has 2 atom stereocenters. The fourth-order valence-electron chi connectivity index (χ4n) is 7.43. The Hall–Kier alpha value is -5.13. The van der Waals surface area contributed by atoms with E-state index in [1.54, 1.807) is 18.1 Å². The van der Waals surface area contributed by atoms with E-state index < -0.39 is 22.6 Å². The number of likely N-dealkylation sites (tertiary alicyclic amines) is 2. The molecule has 2 aliphatic rings. The van der Waals surface area contributed by atoms with Crippen molar-refractivity contribution in [3.8, 4) is 33.6 Å². The first-order valence-corrected chi connectivity index (χ1v) is 17.2. The van der Waals surface area contributed by atoms with Gasteiger partial charge in [-0.1, -0.05) is 69.3 Å². The Morgan fingerprint density at radius 3 is 2.10 bits per heavy atom. The van der Waals surface area contributed by atoms with E-state index in [0.717, 1.165) is 46.6 Å². The van der Waals surface area contributed by atoms with E-state index in [9.17, 15) is 19.5 Å². The van der Waals surface area contributed by atoms with Crippen LogP contribution in [0.2, 0.25) is 0 Å². The minimum Gasteiger partial charge on any atom is -0.465 e. The molecule has 0 spiro atoms. The van der Waals surface area contributed by atoms with Crippen molar-refractivity contribution in [3.05, 3.63) is 72.1 Å². The number of nitrogens with zero attached hydrogens (tertiary/aromatic N) is 4. The second-order valence-corrected chi connectivity index (χ2v) is 15.2. The second kappa shape index (κ2) is 13.0. The van der Waals surface area contributed by atoms with Gasteiger partial charge in [0.05, 0.1) is 17.9 Å². The molecule has 2 aromatic heterocycles. The van der Waals surface area contributed by atoms with Crippen LogP contribution in [0, 0.1) is 5.41 Å². The lowest BCUT2D eigenvalue weighted by Crippen LogP contribution is -2.53. The van der Waals surface area contributed by atoms with Crippen molar-refractivity contribution >= 4 is 18.1 Å². The molecule has 264 valence electrons. The summed E-state index contributed by atoms with van der Waals surface area (Å²) in [7, 11) is 1.57. The molecule has 4 aromatic rings. The van der Waals surface area contributed by atoms with E-state index in [2.05, 4.69) is 20.3 Å². The lowest BCUT2D eigenvalue weighted by Gasteiger charge is -2.45. The summed E-state index contributed by atoms with van der Waals surface area (Å²) in [4.78, 5) is 57.7. The fraction of sp³-hybridized carbons (Fsp3) is 0.447. The molecule has 2 fully saturated rings. The van der Waals surface area contributed by atoms with E-state index in [4.69, 9.17) is 9.72 Å². The Balaban J connectivity index is 1.24. The Labute approximate surface area is 292 Å². The molecule has 0 saturated carbocycles. The summed E-state index contributed by atoms with van der Waals surface area (Å²) in [5, 5.41) is 12.8. The van der Waals surface area contributed by atoms with Gasteiger partial charge in [0.25, 0.3) is 5.91 Å². The molecule has 50 heavy (non-hydrogen) atoms. The van der Waals surface area contributed by atoms with Crippen molar-refractivity contribution in [2.24, 2.45) is 5.41 Å². The maximum atomic E-state index is 13.1. The van der Waals surface area contributed by atoms with Crippen molar-refractivity contribution < 1.29 is 24.2 Å². The van der Waals surface area contributed by atoms with Crippen LogP contribution >= 0.6 is 0 Å². The van der Waals surface area contributed by atoms with Crippen molar-refractivity contribution in [1.29, 1.82) is 0 Å². The number of aromatic amines is 2. The number of carbonyl (C=O) groups is 3. The van der Waals surface area contributed by atoms with Gasteiger partial charge in [0.15, 0.2) is 0 Å². The molecule has 4 N–H and O–H groups in total. The van der Waals surface area contributed by atoms with Crippen LogP contribution in [0.4, 0.5) is 9.59 Å². The Kier molecular flexibility index (Phi) is 9.00. The van der Waals surface area contributed by atoms with Crippen LogP contribution in [0.5, 0.6) is 0 Å². The number of carboxylic acid groups (broad SMARTS) is 1. The van der Waals surface area contributed by atoms with Crippen molar-refractivity contribution in [1.82, 2.24) is 35.1 Å². The van der Waals surface area contributed by atoms with Gasteiger partial charge in [0.1, 0.15) is 34.2 Å². The molecule has 6 rings (SSSR count). The van der Waals surface area contributed by atoms with Gasteiger partial charge >= 0.3 is 12.2 Å². The van der Waals surface area contributed by atoms with Crippen LogP contribution in [0.25, 0.3) is 33.6 Å². The summed E-state index contributed by atoms with van der Waals surface area (Å²) in [5.41, 5.74) is 3.40.